The second-order valence-electron chi connectivity index (χ2n) is 14.0. The fraction of sp³-hybridized carbons (Fsp3) is 0.400. The van der Waals surface area contributed by atoms with Gasteiger partial charge in [-0.15, -0.1) is 49.6 Å². The van der Waals surface area contributed by atoms with Crippen molar-refractivity contribution in [3.05, 3.63) is 142 Å². The third kappa shape index (κ3) is 11.8. The van der Waals surface area contributed by atoms with Crippen LogP contribution in [0.5, 0.6) is 0 Å². The van der Waals surface area contributed by atoms with Crippen molar-refractivity contribution in [3.63, 3.8) is 0 Å². The lowest BCUT2D eigenvalue weighted by atomic mass is 9.97. The minimum atomic E-state index is -0.798. The Morgan fingerprint density at radius 1 is 0.538 bits per heavy atom. The standard InChI is InChI=1S/C40H44F4N4.4ClH/c41-35-11-9-31(17-37(35)43)33-19-39(33)46-21-26-1-5-28(6-2-26)23-48(25-30-13-15-45-16-14-30)24-29-7-3-27(4-8-29)22-47-40-20-34(40)32-10-12-36(42)38(44)18-32;;;;/h1-12,17-18,30,33-34,39-40,45-47H,13-16,19-25H2;4*1H/t33-,34?,39+,40?;;;;/m0..../s1. The molecule has 4 atom stereocenters. The number of nitrogens with zero attached hydrogens (tertiary/aromatic N) is 1. The van der Waals surface area contributed by atoms with Crippen molar-refractivity contribution in [2.24, 2.45) is 5.92 Å². The molecule has 0 bridgehead atoms. The summed E-state index contributed by atoms with van der Waals surface area (Å²) in [6.07, 6.45) is 4.27. The average molecular weight is 803 g/mol. The van der Waals surface area contributed by atoms with Gasteiger partial charge in [-0.1, -0.05) is 60.7 Å². The number of piperidine rings is 1. The highest BCUT2D eigenvalue weighted by molar-refractivity contribution is 5.86. The van der Waals surface area contributed by atoms with Gasteiger partial charge in [-0.05, 0) is 102 Å². The molecule has 3 N–H and O–H groups in total. The van der Waals surface area contributed by atoms with Crippen LogP contribution in [0.1, 0.15) is 70.9 Å². The van der Waals surface area contributed by atoms with E-state index >= 15 is 0 Å². The summed E-state index contributed by atoms with van der Waals surface area (Å²) in [6.45, 7) is 6.49. The van der Waals surface area contributed by atoms with E-state index in [1.807, 2.05) is 0 Å². The van der Waals surface area contributed by atoms with Gasteiger partial charge in [0.15, 0.2) is 23.3 Å². The Hall–Kier alpha value is -2.40. The highest BCUT2D eigenvalue weighted by Crippen LogP contribution is 2.42. The minimum Gasteiger partial charge on any atom is -0.317 e. The van der Waals surface area contributed by atoms with Gasteiger partial charge in [0.05, 0.1) is 0 Å². The van der Waals surface area contributed by atoms with Crippen LogP contribution >= 0.6 is 49.6 Å². The molecular weight excluding hydrogens is 754 g/mol. The van der Waals surface area contributed by atoms with E-state index in [4.69, 9.17) is 0 Å². The highest BCUT2D eigenvalue weighted by atomic mass is 35.5. The summed E-state index contributed by atoms with van der Waals surface area (Å²) >= 11 is 0. The Morgan fingerprint density at radius 2 is 0.942 bits per heavy atom. The predicted molar refractivity (Wildman–Crippen MR) is 210 cm³/mol. The van der Waals surface area contributed by atoms with Crippen molar-refractivity contribution >= 4 is 49.6 Å². The normalized spacial score (nSPS) is 20.6. The molecule has 0 spiro atoms. The second kappa shape index (κ2) is 20.3. The number of hydrogen-bond acceptors (Lipinski definition) is 4. The number of halogens is 8. The van der Waals surface area contributed by atoms with E-state index in [9.17, 15) is 17.6 Å². The lowest BCUT2D eigenvalue weighted by molar-refractivity contribution is 0.191. The smallest absolute Gasteiger partial charge is 0.159 e. The molecule has 1 heterocycles. The maximum atomic E-state index is 13.7. The van der Waals surface area contributed by atoms with Crippen LogP contribution in [0.25, 0.3) is 0 Å². The fourth-order valence-electron chi connectivity index (χ4n) is 7.22. The maximum absolute atomic E-state index is 13.7. The van der Waals surface area contributed by atoms with Gasteiger partial charge in [0.1, 0.15) is 0 Å². The Balaban J connectivity index is 0.00000182. The summed E-state index contributed by atoms with van der Waals surface area (Å²) in [5.74, 6) is -2.00. The largest absolute Gasteiger partial charge is 0.317 e. The number of rotatable bonds is 14. The molecule has 0 aromatic heterocycles. The van der Waals surface area contributed by atoms with Gasteiger partial charge in [-0.3, -0.25) is 4.90 Å². The number of nitrogens with one attached hydrogen (secondary N) is 3. The molecule has 284 valence electrons. The highest BCUT2D eigenvalue weighted by Gasteiger charge is 2.39. The first-order valence-corrected chi connectivity index (χ1v) is 17.3. The molecule has 3 aliphatic rings. The third-order valence-electron chi connectivity index (χ3n) is 10.3. The monoisotopic (exact) mass is 800 g/mol. The van der Waals surface area contributed by atoms with E-state index in [2.05, 4.69) is 69.4 Å². The van der Waals surface area contributed by atoms with E-state index in [1.54, 1.807) is 12.1 Å². The van der Waals surface area contributed by atoms with Gasteiger partial charge in [0.2, 0.25) is 0 Å². The van der Waals surface area contributed by atoms with E-state index in [0.29, 0.717) is 5.92 Å². The minimum absolute atomic E-state index is 0. The Kier molecular flexibility index (Phi) is 17.2. The molecule has 7 rings (SSSR count). The van der Waals surface area contributed by atoms with Crippen molar-refractivity contribution in [2.45, 2.75) is 75.8 Å². The van der Waals surface area contributed by atoms with Crippen molar-refractivity contribution < 1.29 is 17.6 Å². The van der Waals surface area contributed by atoms with Crippen LogP contribution in [0.3, 0.4) is 0 Å². The fourth-order valence-corrected chi connectivity index (χ4v) is 7.22. The van der Waals surface area contributed by atoms with Crippen LogP contribution in [0.15, 0.2) is 84.9 Å². The molecule has 1 aliphatic heterocycles. The Bertz CT molecular complexity index is 1580. The first-order valence-electron chi connectivity index (χ1n) is 17.3. The van der Waals surface area contributed by atoms with Gasteiger partial charge >= 0.3 is 0 Å². The van der Waals surface area contributed by atoms with Gasteiger partial charge in [-0.25, -0.2) is 17.6 Å². The first kappa shape index (κ1) is 44.0. The topological polar surface area (TPSA) is 39.3 Å². The zero-order chi connectivity index (χ0) is 33.0. The van der Waals surface area contributed by atoms with Crippen LogP contribution in [-0.4, -0.2) is 36.6 Å². The van der Waals surface area contributed by atoms with Crippen LogP contribution in [0, 0.1) is 29.2 Å². The first-order chi connectivity index (χ1) is 23.4. The predicted octanol–water partition coefficient (Wildman–Crippen LogP) is 9.22. The summed E-state index contributed by atoms with van der Waals surface area (Å²) in [6, 6.07) is 26.7. The molecule has 2 saturated carbocycles. The van der Waals surface area contributed by atoms with Gasteiger partial charge < -0.3 is 16.0 Å². The lowest BCUT2D eigenvalue weighted by Gasteiger charge is -2.30. The molecule has 4 aromatic rings. The number of hydrogen-bond donors (Lipinski definition) is 3. The molecule has 4 aromatic carbocycles. The quantitative estimate of drug-likeness (QED) is 0.111. The molecular formula is C40H48Cl4F4N4. The van der Waals surface area contributed by atoms with Crippen molar-refractivity contribution in [3.8, 4) is 0 Å². The van der Waals surface area contributed by atoms with E-state index in [1.165, 1.54) is 59.4 Å². The van der Waals surface area contributed by atoms with Gasteiger partial charge in [-0.2, -0.15) is 0 Å². The average Bonchev–Trinajstić information content (AvgIpc) is 4.03. The van der Waals surface area contributed by atoms with E-state index in [-0.39, 0.29) is 73.5 Å². The van der Waals surface area contributed by atoms with Crippen LogP contribution < -0.4 is 16.0 Å². The van der Waals surface area contributed by atoms with Gasteiger partial charge in [0, 0.05) is 56.6 Å². The molecule has 12 heteroatoms. The third-order valence-corrected chi connectivity index (χ3v) is 10.3. The van der Waals surface area contributed by atoms with Gasteiger partial charge in [0.25, 0.3) is 0 Å². The molecule has 4 nitrogen and oxygen atoms in total. The van der Waals surface area contributed by atoms with Crippen LogP contribution in [0.4, 0.5) is 17.6 Å². The summed E-state index contributed by atoms with van der Waals surface area (Å²) in [7, 11) is 0. The number of benzene rings is 4. The summed E-state index contributed by atoms with van der Waals surface area (Å²) in [4.78, 5) is 2.57. The lowest BCUT2D eigenvalue weighted by Crippen LogP contribution is -2.35. The maximum Gasteiger partial charge on any atom is 0.159 e. The molecule has 1 saturated heterocycles. The Labute approximate surface area is 329 Å². The zero-order valence-corrected chi connectivity index (χ0v) is 32.1. The van der Waals surface area contributed by atoms with E-state index in [0.717, 1.165) is 69.8 Å². The van der Waals surface area contributed by atoms with Crippen LogP contribution in [0.2, 0.25) is 0 Å². The molecule has 3 fully saturated rings. The van der Waals surface area contributed by atoms with Crippen molar-refractivity contribution in [1.29, 1.82) is 0 Å². The SMILES string of the molecule is Cl.Cl.Cl.Cl.Fc1ccc(C2CC2NCc2ccc(CN(Cc3ccc(CN[C@@H]4C[C@H]4c4ccc(F)c(F)c4)cc3)CC3CCNCC3)cc2)cc1F. The summed E-state index contributed by atoms with van der Waals surface area (Å²) < 4.78 is 53.9. The van der Waals surface area contributed by atoms with Crippen LogP contribution in [-0.2, 0) is 26.2 Å². The van der Waals surface area contributed by atoms with Crippen molar-refractivity contribution in [1.82, 2.24) is 20.9 Å². The molecule has 0 amide bonds. The summed E-state index contributed by atoms with van der Waals surface area (Å²) in [5.41, 5.74) is 6.72. The van der Waals surface area contributed by atoms with Crippen molar-refractivity contribution in [2.75, 3.05) is 19.6 Å². The Morgan fingerprint density at radius 3 is 1.35 bits per heavy atom. The summed E-state index contributed by atoms with van der Waals surface area (Å²) in [5, 5.41) is 10.6. The zero-order valence-electron chi connectivity index (χ0n) is 28.8. The molecule has 52 heavy (non-hydrogen) atoms. The second-order valence-corrected chi connectivity index (χ2v) is 14.0. The van der Waals surface area contributed by atoms with E-state index < -0.39 is 23.3 Å². The molecule has 2 aliphatic carbocycles. The molecule has 2 unspecified atom stereocenters. The molecule has 0 radical (unpaired) electrons.